The summed E-state index contributed by atoms with van der Waals surface area (Å²) in [4.78, 5) is 16.0. The zero-order valence-electron chi connectivity index (χ0n) is 15.3. The molecular formula is C20H19ClN2O5. The fraction of sp³-hybridized carbons (Fsp3) is 0.250. The molecule has 0 saturated heterocycles. The zero-order valence-corrected chi connectivity index (χ0v) is 16.0. The van der Waals surface area contributed by atoms with Gasteiger partial charge in [-0.2, -0.15) is 4.98 Å². The summed E-state index contributed by atoms with van der Waals surface area (Å²) in [7, 11) is 1.61. The van der Waals surface area contributed by atoms with Crippen LogP contribution in [0.3, 0.4) is 0 Å². The predicted molar refractivity (Wildman–Crippen MR) is 102 cm³/mol. The second kappa shape index (κ2) is 9.75. The number of rotatable bonds is 9. The number of nitrogens with zero attached hydrogens (tertiary/aromatic N) is 2. The molecule has 0 amide bonds. The molecule has 7 nitrogen and oxygen atoms in total. The normalized spacial score (nSPS) is 10.5. The first-order valence-corrected chi connectivity index (χ1v) is 9.03. The van der Waals surface area contributed by atoms with Crippen molar-refractivity contribution >= 4 is 17.6 Å². The first kappa shape index (κ1) is 19.7. The number of methoxy groups -OCH3 is 1. The Morgan fingerprint density at radius 3 is 2.50 bits per heavy atom. The van der Waals surface area contributed by atoms with Gasteiger partial charge in [0.25, 0.3) is 5.89 Å². The smallest absolute Gasteiger partial charge is 0.306 e. The van der Waals surface area contributed by atoms with Crippen LogP contribution in [0.5, 0.6) is 11.5 Å². The van der Waals surface area contributed by atoms with E-state index in [1.807, 2.05) is 24.3 Å². The van der Waals surface area contributed by atoms with E-state index in [0.717, 1.165) is 17.1 Å². The molecule has 1 aromatic heterocycles. The fourth-order valence-electron chi connectivity index (χ4n) is 2.32. The summed E-state index contributed by atoms with van der Waals surface area (Å²) in [6, 6.07) is 14.3. The Morgan fingerprint density at radius 2 is 1.79 bits per heavy atom. The molecule has 0 atom stereocenters. The van der Waals surface area contributed by atoms with E-state index in [0.29, 0.717) is 23.9 Å². The standard InChI is InChI=1S/C20H19ClN2O5/c1-25-16-8-10-17(11-9-16)26-12-2-3-19(24)27-13-18-22-20(23-28-18)14-4-6-15(21)7-5-14/h4-11H,2-3,12-13H2,1H3. The second-order valence-electron chi connectivity index (χ2n) is 5.81. The summed E-state index contributed by atoms with van der Waals surface area (Å²) >= 11 is 5.85. The number of hydrogen-bond donors (Lipinski definition) is 0. The van der Waals surface area contributed by atoms with E-state index in [1.165, 1.54) is 0 Å². The molecule has 0 saturated carbocycles. The molecule has 0 unspecified atom stereocenters. The van der Waals surface area contributed by atoms with Gasteiger partial charge in [0, 0.05) is 17.0 Å². The number of esters is 1. The predicted octanol–water partition coefficient (Wildman–Crippen LogP) is 4.30. The highest BCUT2D eigenvalue weighted by atomic mass is 35.5. The highest BCUT2D eigenvalue weighted by molar-refractivity contribution is 6.30. The lowest BCUT2D eigenvalue weighted by Gasteiger charge is -2.06. The zero-order chi connectivity index (χ0) is 19.8. The number of benzene rings is 2. The molecule has 1 heterocycles. The van der Waals surface area contributed by atoms with Crippen LogP contribution in [0.2, 0.25) is 5.02 Å². The third-order valence-electron chi connectivity index (χ3n) is 3.78. The Hall–Kier alpha value is -3.06. The van der Waals surface area contributed by atoms with Gasteiger partial charge in [0.1, 0.15) is 11.5 Å². The number of hydrogen-bond acceptors (Lipinski definition) is 7. The van der Waals surface area contributed by atoms with Crippen molar-refractivity contribution in [3.8, 4) is 22.9 Å². The molecule has 0 spiro atoms. The van der Waals surface area contributed by atoms with Gasteiger partial charge < -0.3 is 18.7 Å². The molecular weight excluding hydrogens is 384 g/mol. The minimum Gasteiger partial charge on any atom is -0.497 e. The maximum absolute atomic E-state index is 11.8. The van der Waals surface area contributed by atoms with Crippen molar-refractivity contribution in [3.05, 3.63) is 59.4 Å². The molecule has 3 aromatic rings. The average molecular weight is 403 g/mol. The molecule has 0 aliphatic carbocycles. The third-order valence-corrected chi connectivity index (χ3v) is 4.03. The van der Waals surface area contributed by atoms with Crippen LogP contribution in [-0.2, 0) is 16.1 Å². The Balaban J connectivity index is 1.36. The Morgan fingerprint density at radius 1 is 1.07 bits per heavy atom. The lowest BCUT2D eigenvalue weighted by atomic mass is 10.2. The van der Waals surface area contributed by atoms with Crippen molar-refractivity contribution in [3.63, 3.8) is 0 Å². The highest BCUT2D eigenvalue weighted by Gasteiger charge is 2.11. The van der Waals surface area contributed by atoms with Crippen LogP contribution < -0.4 is 9.47 Å². The van der Waals surface area contributed by atoms with E-state index in [9.17, 15) is 4.79 Å². The highest BCUT2D eigenvalue weighted by Crippen LogP contribution is 2.19. The summed E-state index contributed by atoms with van der Waals surface area (Å²) in [6.07, 6.45) is 0.763. The van der Waals surface area contributed by atoms with Crippen molar-refractivity contribution in [2.24, 2.45) is 0 Å². The maximum atomic E-state index is 11.8. The first-order chi connectivity index (χ1) is 13.6. The summed E-state index contributed by atoms with van der Waals surface area (Å²) in [5, 5.41) is 4.49. The SMILES string of the molecule is COc1ccc(OCCCC(=O)OCc2nc(-c3ccc(Cl)cc3)no2)cc1. The minimum absolute atomic E-state index is 0.0707. The van der Waals surface area contributed by atoms with Crippen LogP contribution in [-0.4, -0.2) is 29.8 Å². The van der Waals surface area contributed by atoms with E-state index in [2.05, 4.69) is 10.1 Å². The Kier molecular flexibility index (Phi) is 6.86. The van der Waals surface area contributed by atoms with Crippen molar-refractivity contribution in [1.82, 2.24) is 10.1 Å². The third kappa shape index (κ3) is 5.72. The largest absolute Gasteiger partial charge is 0.497 e. The lowest BCUT2D eigenvalue weighted by molar-refractivity contribution is -0.146. The average Bonchev–Trinajstić information content (AvgIpc) is 3.20. The molecule has 8 heteroatoms. The van der Waals surface area contributed by atoms with E-state index in [1.54, 1.807) is 31.4 Å². The molecule has 0 N–H and O–H groups in total. The first-order valence-electron chi connectivity index (χ1n) is 8.65. The van der Waals surface area contributed by atoms with Crippen LogP contribution in [0.1, 0.15) is 18.7 Å². The fourth-order valence-corrected chi connectivity index (χ4v) is 2.45. The number of carbonyl (C=O) groups excluding carboxylic acids is 1. The van der Waals surface area contributed by atoms with Crippen LogP contribution >= 0.6 is 11.6 Å². The maximum Gasteiger partial charge on any atom is 0.306 e. The van der Waals surface area contributed by atoms with Crippen molar-refractivity contribution in [2.75, 3.05) is 13.7 Å². The number of ether oxygens (including phenoxy) is 3. The molecule has 0 bridgehead atoms. The van der Waals surface area contributed by atoms with Crippen molar-refractivity contribution < 1.29 is 23.5 Å². The monoisotopic (exact) mass is 402 g/mol. The van der Waals surface area contributed by atoms with Gasteiger partial charge in [0.05, 0.1) is 13.7 Å². The molecule has 0 aliphatic rings. The summed E-state index contributed by atoms with van der Waals surface area (Å²) in [5.41, 5.74) is 0.765. The lowest BCUT2D eigenvalue weighted by Crippen LogP contribution is -2.07. The van der Waals surface area contributed by atoms with E-state index < -0.39 is 0 Å². The van der Waals surface area contributed by atoms with Gasteiger partial charge in [-0.25, -0.2) is 0 Å². The van der Waals surface area contributed by atoms with Crippen LogP contribution in [0.25, 0.3) is 11.4 Å². The van der Waals surface area contributed by atoms with Gasteiger partial charge in [0.2, 0.25) is 5.82 Å². The van der Waals surface area contributed by atoms with Gasteiger partial charge in [0.15, 0.2) is 6.61 Å². The van der Waals surface area contributed by atoms with Crippen molar-refractivity contribution in [1.29, 1.82) is 0 Å². The Bertz CT molecular complexity index is 894. The topological polar surface area (TPSA) is 83.7 Å². The van der Waals surface area contributed by atoms with Gasteiger partial charge in [-0.1, -0.05) is 16.8 Å². The quantitative estimate of drug-likeness (QED) is 0.389. The molecule has 2 aromatic carbocycles. The van der Waals surface area contributed by atoms with Crippen LogP contribution in [0.15, 0.2) is 53.1 Å². The number of halogens is 1. The van der Waals surface area contributed by atoms with Crippen molar-refractivity contribution in [2.45, 2.75) is 19.4 Å². The van der Waals surface area contributed by atoms with Crippen LogP contribution in [0, 0.1) is 0 Å². The minimum atomic E-state index is -0.357. The molecule has 28 heavy (non-hydrogen) atoms. The molecule has 0 aliphatic heterocycles. The second-order valence-corrected chi connectivity index (χ2v) is 6.24. The van der Waals surface area contributed by atoms with Gasteiger partial charge in [-0.15, -0.1) is 0 Å². The Labute approximate surface area is 167 Å². The molecule has 3 rings (SSSR count). The van der Waals surface area contributed by atoms with E-state index >= 15 is 0 Å². The van der Waals surface area contributed by atoms with Gasteiger partial charge in [-0.3, -0.25) is 4.79 Å². The van der Waals surface area contributed by atoms with Crippen LogP contribution in [0.4, 0.5) is 0 Å². The number of carbonyl (C=O) groups is 1. The molecule has 0 radical (unpaired) electrons. The van der Waals surface area contributed by atoms with E-state index in [-0.39, 0.29) is 24.9 Å². The molecule has 146 valence electrons. The van der Waals surface area contributed by atoms with Gasteiger partial charge >= 0.3 is 5.97 Å². The van der Waals surface area contributed by atoms with E-state index in [4.69, 9.17) is 30.3 Å². The summed E-state index contributed by atoms with van der Waals surface area (Å²) in [5.74, 6) is 1.76. The summed E-state index contributed by atoms with van der Waals surface area (Å²) in [6.45, 7) is 0.335. The summed E-state index contributed by atoms with van der Waals surface area (Å²) < 4.78 is 20.9. The van der Waals surface area contributed by atoms with Gasteiger partial charge in [-0.05, 0) is 55.0 Å². The number of aromatic nitrogens is 2. The molecule has 0 fully saturated rings.